The van der Waals surface area contributed by atoms with Gasteiger partial charge in [-0.15, -0.1) is 0 Å². The Kier molecular flexibility index (Phi) is 4.05. The van der Waals surface area contributed by atoms with E-state index in [0.29, 0.717) is 12.0 Å². The van der Waals surface area contributed by atoms with Crippen LogP contribution in [0.5, 0.6) is 0 Å². The molecule has 0 radical (unpaired) electrons. The summed E-state index contributed by atoms with van der Waals surface area (Å²) in [4.78, 5) is 0. The van der Waals surface area contributed by atoms with E-state index in [1.165, 1.54) is 51.4 Å². The van der Waals surface area contributed by atoms with Crippen molar-refractivity contribution in [1.82, 2.24) is 0 Å². The fourth-order valence-electron chi connectivity index (χ4n) is 4.64. The molecule has 2 aliphatic rings. The van der Waals surface area contributed by atoms with Gasteiger partial charge in [0, 0.05) is 22.0 Å². The number of hydrogen-bond donors (Lipinski definition) is 1. The molecule has 0 bridgehead atoms. The maximum Gasteiger partial charge on any atom is 0.0459 e. The number of rotatable bonds is 2. The third kappa shape index (κ3) is 2.38. The van der Waals surface area contributed by atoms with E-state index in [2.05, 4.69) is 0 Å². The first-order valence-electron chi connectivity index (χ1n) is 7.76. The molecular formula is C17H23Cl2N. The molecule has 1 nitrogen and oxygen atoms in total. The average Bonchev–Trinajstić information content (AvgIpc) is 2.63. The van der Waals surface area contributed by atoms with Crippen LogP contribution in [0.25, 0.3) is 0 Å². The fraction of sp³-hybridized carbons (Fsp3) is 0.647. The molecule has 0 atom stereocenters. The second kappa shape index (κ2) is 5.51. The third-order valence-corrected chi connectivity index (χ3v) is 6.10. The maximum absolute atomic E-state index is 6.42. The average molecular weight is 312 g/mol. The highest BCUT2D eigenvalue weighted by Gasteiger charge is 2.55. The molecule has 1 aromatic rings. The number of halogens is 2. The lowest BCUT2D eigenvalue weighted by Crippen LogP contribution is -2.54. The Morgan fingerprint density at radius 2 is 1.50 bits per heavy atom. The lowest BCUT2D eigenvalue weighted by molar-refractivity contribution is 0.0114. The van der Waals surface area contributed by atoms with Crippen molar-refractivity contribution in [2.75, 3.05) is 6.54 Å². The van der Waals surface area contributed by atoms with Crippen LogP contribution in [0.3, 0.4) is 0 Å². The van der Waals surface area contributed by atoms with Crippen LogP contribution < -0.4 is 5.73 Å². The van der Waals surface area contributed by atoms with Gasteiger partial charge in [-0.1, -0.05) is 55.0 Å². The molecule has 2 aliphatic carbocycles. The van der Waals surface area contributed by atoms with E-state index in [0.717, 1.165) is 15.6 Å². The van der Waals surface area contributed by atoms with Gasteiger partial charge in [0.15, 0.2) is 0 Å². The molecule has 2 fully saturated rings. The minimum Gasteiger partial charge on any atom is -0.330 e. The minimum absolute atomic E-state index is 0.0137. The molecule has 0 aliphatic heterocycles. The van der Waals surface area contributed by atoms with Crippen molar-refractivity contribution in [3.05, 3.63) is 33.8 Å². The van der Waals surface area contributed by atoms with Gasteiger partial charge < -0.3 is 5.73 Å². The van der Waals surface area contributed by atoms with Gasteiger partial charge in [-0.25, -0.2) is 0 Å². The van der Waals surface area contributed by atoms with E-state index >= 15 is 0 Å². The maximum atomic E-state index is 6.42. The predicted octanol–water partition coefficient (Wildman–Crippen LogP) is 5.32. The summed E-state index contributed by atoms with van der Waals surface area (Å²) in [7, 11) is 0. The summed E-state index contributed by atoms with van der Waals surface area (Å²) >= 11 is 12.8. The summed E-state index contributed by atoms with van der Waals surface area (Å²) in [5, 5.41) is 1.57. The molecule has 2 saturated carbocycles. The summed E-state index contributed by atoms with van der Waals surface area (Å²) in [6.07, 6.45) is 10.6. The van der Waals surface area contributed by atoms with Gasteiger partial charge in [-0.05, 0) is 48.8 Å². The first-order chi connectivity index (χ1) is 9.61. The van der Waals surface area contributed by atoms with Gasteiger partial charge in [0.2, 0.25) is 0 Å². The van der Waals surface area contributed by atoms with Crippen molar-refractivity contribution in [2.24, 2.45) is 11.1 Å². The quantitative estimate of drug-likeness (QED) is 0.785. The summed E-state index contributed by atoms with van der Waals surface area (Å²) < 4.78 is 0. The number of nitrogens with two attached hydrogens (primary N) is 1. The summed E-state index contributed by atoms with van der Waals surface area (Å²) in [6.45, 7) is 0.651. The fourth-order valence-corrected chi connectivity index (χ4v) is 5.44. The summed E-state index contributed by atoms with van der Waals surface area (Å²) in [5.41, 5.74) is 7.77. The van der Waals surface area contributed by atoms with Crippen LogP contribution >= 0.6 is 23.2 Å². The number of hydrogen-bond acceptors (Lipinski definition) is 1. The van der Waals surface area contributed by atoms with E-state index < -0.39 is 0 Å². The van der Waals surface area contributed by atoms with Gasteiger partial charge in [-0.2, -0.15) is 0 Å². The zero-order valence-electron chi connectivity index (χ0n) is 11.9. The largest absolute Gasteiger partial charge is 0.330 e. The first kappa shape index (κ1) is 14.7. The molecule has 1 spiro atoms. The molecule has 0 heterocycles. The molecule has 3 rings (SSSR count). The van der Waals surface area contributed by atoms with Gasteiger partial charge in [0.25, 0.3) is 0 Å². The topological polar surface area (TPSA) is 26.0 Å². The summed E-state index contributed by atoms with van der Waals surface area (Å²) in [5.74, 6) is 0. The molecule has 1 aromatic carbocycles. The van der Waals surface area contributed by atoms with Crippen LogP contribution in [0.15, 0.2) is 18.2 Å². The minimum atomic E-state index is 0.0137. The standard InChI is InChI=1S/C17H23Cl2N/c18-13-6-5-7-14(19)15(13)17(12-20)10-16(11-17)8-3-1-2-4-9-16/h5-7H,1-4,8-12,20H2. The highest BCUT2D eigenvalue weighted by atomic mass is 35.5. The third-order valence-electron chi connectivity index (χ3n) is 5.47. The number of benzene rings is 1. The molecule has 0 unspecified atom stereocenters. The monoisotopic (exact) mass is 311 g/mol. The van der Waals surface area contributed by atoms with Crippen LogP contribution in [0.4, 0.5) is 0 Å². The SMILES string of the molecule is NCC1(c2c(Cl)cccc2Cl)CC2(CCCCCC2)C1. The van der Waals surface area contributed by atoms with E-state index in [-0.39, 0.29) is 5.41 Å². The Hall–Kier alpha value is -0.240. The predicted molar refractivity (Wildman–Crippen MR) is 86.6 cm³/mol. The molecule has 20 heavy (non-hydrogen) atoms. The highest BCUT2D eigenvalue weighted by Crippen LogP contribution is 2.62. The Morgan fingerprint density at radius 3 is 2.00 bits per heavy atom. The van der Waals surface area contributed by atoms with Crippen LogP contribution in [0.2, 0.25) is 10.0 Å². The molecule has 0 saturated heterocycles. The molecule has 2 N–H and O–H groups in total. The van der Waals surface area contributed by atoms with E-state index in [1.807, 2.05) is 18.2 Å². The van der Waals surface area contributed by atoms with Crippen LogP contribution in [0.1, 0.15) is 56.9 Å². The van der Waals surface area contributed by atoms with Gasteiger partial charge in [0.1, 0.15) is 0 Å². The van der Waals surface area contributed by atoms with Crippen molar-refractivity contribution in [1.29, 1.82) is 0 Å². The van der Waals surface area contributed by atoms with Crippen molar-refractivity contribution < 1.29 is 0 Å². The van der Waals surface area contributed by atoms with Gasteiger partial charge in [0.05, 0.1) is 0 Å². The molecule has 0 aromatic heterocycles. The van der Waals surface area contributed by atoms with E-state index in [9.17, 15) is 0 Å². The van der Waals surface area contributed by atoms with E-state index in [4.69, 9.17) is 28.9 Å². The molecule has 110 valence electrons. The summed E-state index contributed by atoms with van der Waals surface area (Å²) in [6, 6.07) is 5.80. The Morgan fingerprint density at radius 1 is 0.950 bits per heavy atom. The lowest BCUT2D eigenvalue weighted by Gasteiger charge is -2.57. The highest BCUT2D eigenvalue weighted by molar-refractivity contribution is 6.36. The first-order valence-corrected chi connectivity index (χ1v) is 8.51. The van der Waals surface area contributed by atoms with E-state index in [1.54, 1.807) is 0 Å². The normalized spacial score (nSPS) is 24.1. The second-order valence-electron chi connectivity index (χ2n) is 6.85. The lowest BCUT2D eigenvalue weighted by atomic mass is 9.48. The van der Waals surface area contributed by atoms with Crippen LogP contribution in [-0.4, -0.2) is 6.54 Å². The zero-order valence-corrected chi connectivity index (χ0v) is 13.4. The van der Waals surface area contributed by atoms with Gasteiger partial charge >= 0.3 is 0 Å². The Bertz CT molecular complexity index is 462. The smallest absolute Gasteiger partial charge is 0.0459 e. The molecule has 0 amide bonds. The van der Waals surface area contributed by atoms with Crippen molar-refractivity contribution in [2.45, 2.75) is 56.8 Å². The molecule has 3 heteroatoms. The second-order valence-corrected chi connectivity index (χ2v) is 7.66. The van der Waals surface area contributed by atoms with Crippen LogP contribution in [-0.2, 0) is 5.41 Å². The van der Waals surface area contributed by atoms with Crippen LogP contribution in [0, 0.1) is 5.41 Å². The Labute approximate surface area is 131 Å². The van der Waals surface area contributed by atoms with Crippen molar-refractivity contribution in [3.8, 4) is 0 Å². The van der Waals surface area contributed by atoms with Crippen molar-refractivity contribution >= 4 is 23.2 Å². The van der Waals surface area contributed by atoms with Crippen molar-refractivity contribution in [3.63, 3.8) is 0 Å². The Balaban J connectivity index is 1.88. The molecular weight excluding hydrogens is 289 g/mol. The van der Waals surface area contributed by atoms with Gasteiger partial charge in [-0.3, -0.25) is 0 Å². The zero-order chi connectivity index (χ0) is 14.2.